The zero-order valence-corrected chi connectivity index (χ0v) is 8.57. The lowest BCUT2D eigenvalue weighted by atomic mass is 10.4. The molecule has 0 aromatic heterocycles. The summed E-state index contributed by atoms with van der Waals surface area (Å²) in [6, 6.07) is 0. The van der Waals surface area contributed by atoms with Crippen LogP contribution in [0.4, 0.5) is 0 Å². The van der Waals surface area contributed by atoms with Gasteiger partial charge in [-0.15, -0.1) is 0 Å². The Balaban J connectivity index is 0. The second-order valence-corrected chi connectivity index (χ2v) is 1.75. The van der Waals surface area contributed by atoms with Gasteiger partial charge in [0.1, 0.15) is 0 Å². The molecule has 0 amide bonds. The zero-order chi connectivity index (χ0) is 9.11. The topological polar surface area (TPSA) is 24.4 Å². The molecular formula is C9H22N2. The minimum Gasteiger partial charge on any atom is -0.374 e. The molecule has 0 saturated carbocycles. The predicted octanol–water partition coefficient (Wildman–Crippen LogP) is 2.45. The molecule has 1 heterocycles. The molecule has 1 N–H and O–H groups in total. The molecule has 2 nitrogen and oxygen atoms in total. The van der Waals surface area contributed by atoms with E-state index in [1.54, 1.807) is 0 Å². The molecule has 11 heavy (non-hydrogen) atoms. The van der Waals surface area contributed by atoms with E-state index in [9.17, 15) is 0 Å². The highest BCUT2D eigenvalue weighted by molar-refractivity contribution is 5.79. The molecule has 1 rings (SSSR count). The van der Waals surface area contributed by atoms with Crippen LogP contribution < -0.4 is 5.32 Å². The SMILES string of the molecule is CC.CC.CC1=NCCCN1. The van der Waals surface area contributed by atoms with Gasteiger partial charge < -0.3 is 5.32 Å². The van der Waals surface area contributed by atoms with E-state index < -0.39 is 0 Å². The average molecular weight is 158 g/mol. The second kappa shape index (κ2) is 12.2. The van der Waals surface area contributed by atoms with Crippen LogP contribution in [-0.4, -0.2) is 18.9 Å². The van der Waals surface area contributed by atoms with Gasteiger partial charge in [0, 0.05) is 13.1 Å². The predicted molar refractivity (Wildman–Crippen MR) is 53.3 cm³/mol. The first-order valence-electron chi connectivity index (χ1n) is 4.64. The smallest absolute Gasteiger partial charge is 0.0931 e. The number of hydrogen-bond acceptors (Lipinski definition) is 2. The third-order valence-electron chi connectivity index (χ3n) is 1.06. The first-order chi connectivity index (χ1) is 5.39. The summed E-state index contributed by atoms with van der Waals surface area (Å²) in [6.45, 7) is 12.1. The van der Waals surface area contributed by atoms with Crippen molar-refractivity contribution in [3.8, 4) is 0 Å². The van der Waals surface area contributed by atoms with Gasteiger partial charge in [-0.2, -0.15) is 0 Å². The lowest BCUT2D eigenvalue weighted by Gasteiger charge is -2.08. The van der Waals surface area contributed by atoms with Crippen LogP contribution in [0.1, 0.15) is 41.0 Å². The molecule has 0 bridgehead atoms. The Morgan fingerprint density at radius 1 is 1.18 bits per heavy atom. The third kappa shape index (κ3) is 9.47. The molecule has 0 radical (unpaired) electrons. The van der Waals surface area contributed by atoms with Crippen molar-refractivity contribution in [1.82, 2.24) is 5.32 Å². The van der Waals surface area contributed by atoms with Crippen molar-refractivity contribution < 1.29 is 0 Å². The molecule has 0 aliphatic carbocycles. The van der Waals surface area contributed by atoms with Crippen molar-refractivity contribution in [3.63, 3.8) is 0 Å². The molecule has 0 saturated heterocycles. The minimum absolute atomic E-state index is 1.01. The molecule has 1 aliphatic heterocycles. The zero-order valence-electron chi connectivity index (χ0n) is 8.57. The van der Waals surface area contributed by atoms with E-state index in [0.29, 0.717) is 0 Å². The second-order valence-electron chi connectivity index (χ2n) is 1.75. The van der Waals surface area contributed by atoms with Gasteiger partial charge in [-0.05, 0) is 13.3 Å². The van der Waals surface area contributed by atoms with Crippen molar-refractivity contribution in [2.75, 3.05) is 13.1 Å². The minimum atomic E-state index is 1.01. The summed E-state index contributed by atoms with van der Waals surface area (Å²) >= 11 is 0. The number of amidine groups is 1. The van der Waals surface area contributed by atoms with Gasteiger partial charge in [0.25, 0.3) is 0 Å². The quantitative estimate of drug-likeness (QED) is 0.575. The fourth-order valence-corrected chi connectivity index (χ4v) is 0.651. The maximum absolute atomic E-state index is 4.14. The summed E-state index contributed by atoms with van der Waals surface area (Å²) < 4.78 is 0. The van der Waals surface area contributed by atoms with Crippen molar-refractivity contribution >= 4 is 5.84 Å². The van der Waals surface area contributed by atoms with Crippen molar-refractivity contribution in [3.05, 3.63) is 0 Å². The molecule has 0 unspecified atom stereocenters. The Kier molecular flexibility index (Phi) is 14.5. The summed E-state index contributed by atoms with van der Waals surface area (Å²) in [5, 5.41) is 3.13. The number of rotatable bonds is 0. The van der Waals surface area contributed by atoms with Gasteiger partial charge in [0.05, 0.1) is 5.84 Å². The number of hydrogen-bond donors (Lipinski definition) is 1. The fraction of sp³-hybridized carbons (Fsp3) is 0.889. The Bertz CT molecular complexity index is 87.6. The van der Waals surface area contributed by atoms with Crippen molar-refractivity contribution in [1.29, 1.82) is 0 Å². The van der Waals surface area contributed by atoms with Crippen LogP contribution in [-0.2, 0) is 0 Å². The Labute approximate surface area is 71.1 Å². The van der Waals surface area contributed by atoms with E-state index >= 15 is 0 Å². The highest BCUT2D eigenvalue weighted by Gasteiger charge is 1.94. The standard InChI is InChI=1S/C5H10N2.2C2H6/c1-5-6-3-2-4-7-5;2*1-2/h2-4H2,1H3,(H,6,7);2*1-2H3. The van der Waals surface area contributed by atoms with Crippen molar-refractivity contribution in [2.45, 2.75) is 41.0 Å². The van der Waals surface area contributed by atoms with Crippen LogP contribution in [0.5, 0.6) is 0 Å². The maximum Gasteiger partial charge on any atom is 0.0931 e. The van der Waals surface area contributed by atoms with E-state index in [0.717, 1.165) is 18.9 Å². The normalized spacial score (nSPS) is 14.1. The lowest BCUT2D eigenvalue weighted by molar-refractivity contribution is 0.739. The highest BCUT2D eigenvalue weighted by Crippen LogP contribution is 1.86. The Morgan fingerprint density at radius 2 is 1.73 bits per heavy atom. The molecule has 68 valence electrons. The van der Waals surface area contributed by atoms with Gasteiger partial charge in [-0.25, -0.2) is 0 Å². The maximum atomic E-state index is 4.14. The lowest BCUT2D eigenvalue weighted by Crippen LogP contribution is -2.26. The Hall–Kier alpha value is -0.530. The van der Waals surface area contributed by atoms with Gasteiger partial charge >= 0.3 is 0 Å². The average Bonchev–Trinajstić information content (AvgIpc) is 2.13. The molecule has 2 heteroatoms. The molecule has 0 aromatic carbocycles. The van der Waals surface area contributed by atoms with Gasteiger partial charge in [0.2, 0.25) is 0 Å². The van der Waals surface area contributed by atoms with Crippen LogP contribution in [0, 0.1) is 0 Å². The summed E-state index contributed by atoms with van der Waals surface area (Å²) in [6.07, 6.45) is 1.19. The molecule has 0 spiro atoms. The Morgan fingerprint density at radius 3 is 1.91 bits per heavy atom. The number of aliphatic imine (C=N–C) groups is 1. The van der Waals surface area contributed by atoms with Crippen LogP contribution in [0.3, 0.4) is 0 Å². The summed E-state index contributed by atoms with van der Waals surface area (Å²) in [5.41, 5.74) is 0. The van der Waals surface area contributed by atoms with E-state index in [-0.39, 0.29) is 0 Å². The van der Waals surface area contributed by atoms with E-state index in [4.69, 9.17) is 0 Å². The number of nitrogens with zero attached hydrogens (tertiary/aromatic N) is 1. The van der Waals surface area contributed by atoms with Crippen molar-refractivity contribution in [2.24, 2.45) is 4.99 Å². The largest absolute Gasteiger partial charge is 0.374 e. The van der Waals surface area contributed by atoms with Crippen LogP contribution in [0.15, 0.2) is 4.99 Å². The van der Waals surface area contributed by atoms with Gasteiger partial charge in [-0.1, -0.05) is 27.7 Å². The van der Waals surface area contributed by atoms with Gasteiger partial charge in [-0.3, -0.25) is 4.99 Å². The van der Waals surface area contributed by atoms with E-state index in [2.05, 4.69) is 10.3 Å². The first-order valence-corrected chi connectivity index (χ1v) is 4.64. The molecule has 0 aromatic rings. The van der Waals surface area contributed by atoms with E-state index in [1.807, 2.05) is 34.6 Å². The van der Waals surface area contributed by atoms with Gasteiger partial charge in [0.15, 0.2) is 0 Å². The summed E-state index contributed by atoms with van der Waals surface area (Å²) in [7, 11) is 0. The highest BCUT2D eigenvalue weighted by atomic mass is 15.0. The monoisotopic (exact) mass is 158 g/mol. The molecule has 1 aliphatic rings. The third-order valence-corrected chi connectivity index (χ3v) is 1.06. The number of nitrogens with one attached hydrogen (secondary N) is 1. The molecular weight excluding hydrogens is 136 g/mol. The van der Waals surface area contributed by atoms with Crippen LogP contribution in [0.25, 0.3) is 0 Å². The summed E-state index contributed by atoms with van der Waals surface area (Å²) in [4.78, 5) is 4.14. The fourth-order valence-electron chi connectivity index (χ4n) is 0.651. The first kappa shape index (κ1) is 13.1. The molecule has 0 fully saturated rings. The summed E-state index contributed by atoms with van der Waals surface area (Å²) in [5.74, 6) is 1.09. The molecule has 0 atom stereocenters. The van der Waals surface area contributed by atoms with Crippen LogP contribution >= 0.6 is 0 Å². The van der Waals surface area contributed by atoms with Crippen LogP contribution in [0.2, 0.25) is 0 Å². The van der Waals surface area contributed by atoms with E-state index in [1.165, 1.54) is 6.42 Å².